The summed E-state index contributed by atoms with van der Waals surface area (Å²) >= 11 is 6.25. The van der Waals surface area contributed by atoms with Crippen molar-refractivity contribution in [2.75, 3.05) is 36.4 Å². The molecular formula is C19H20ClN3O2. The minimum absolute atomic E-state index is 0.00758. The first-order valence-corrected chi connectivity index (χ1v) is 8.59. The van der Waals surface area contributed by atoms with E-state index in [0.717, 1.165) is 23.8 Å². The number of nitrogens with one attached hydrogen (secondary N) is 1. The quantitative estimate of drug-likeness (QED) is 0.917. The van der Waals surface area contributed by atoms with E-state index in [9.17, 15) is 9.59 Å². The Balaban J connectivity index is 1.61. The monoisotopic (exact) mass is 357 g/mol. The average Bonchev–Trinajstić information content (AvgIpc) is 2.62. The smallest absolute Gasteiger partial charge is 0.253 e. The number of rotatable bonds is 3. The van der Waals surface area contributed by atoms with E-state index >= 15 is 0 Å². The normalized spacial score (nSPS) is 14.3. The fraction of sp³-hybridized carbons (Fsp3) is 0.263. The molecule has 1 N–H and O–H groups in total. The van der Waals surface area contributed by atoms with E-state index in [1.54, 1.807) is 24.3 Å². The number of anilines is 2. The fourth-order valence-corrected chi connectivity index (χ4v) is 3.20. The van der Waals surface area contributed by atoms with E-state index in [2.05, 4.69) is 10.2 Å². The molecule has 0 aromatic heterocycles. The van der Waals surface area contributed by atoms with E-state index in [4.69, 9.17) is 11.6 Å². The number of para-hydroxylation sites is 1. The van der Waals surface area contributed by atoms with Gasteiger partial charge in [-0.2, -0.15) is 0 Å². The Morgan fingerprint density at radius 2 is 1.60 bits per heavy atom. The number of nitrogens with zero attached hydrogens (tertiary/aromatic N) is 2. The van der Waals surface area contributed by atoms with Crippen LogP contribution in [0.25, 0.3) is 0 Å². The van der Waals surface area contributed by atoms with Crippen LogP contribution < -0.4 is 10.2 Å². The minimum Gasteiger partial charge on any atom is -0.367 e. The lowest BCUT2D eigenvalue weighted by Crippen LogP contribution is -2.48. The molecule has 1 aliphatic heterocycles. The molecule has 1 fully saturated rings. The molecule has 25 heavy (non-hydrogen) atoms. The second-order valence-corrected chi connectivity index (χ2v) is 6.40. The number of piperazine rings is 1. The van der Waals surface area contributed by atoms with Gasteiger partial charge in [-0.15, -0.1) is 0 Å². The molecular weight excluding hydrogens is 338 g/mol. The van der Waals surface area contributed by atoms with Gasteiger partial charge in [-0.25, -0.2) is 0 Å². The highest BCUT2D eigenvalue weighted by Crippen LogP contribution is 2.26. The first kappa shape index (κ1) is 17.3. The molecule has 0 bridgehead atoms. The molecule has 1 heterocycles. The van der Waals surface area contributed by atoms with Crippen molar-refractivity contribution in [3.63, 3.8) is 0 Å². The Kier molecular flexibility index (Phi) is 5.24. The van der Waals surface area contributed by atoms with Crippen molar-refractivity contribution >= 4 is 34.8 Å². The lowest BCUT2D eigenvalue weighted by Gasteiger charge is -2.36. The van der Waals surface area contributed by atoms with Crippen LogP contribution in [0.1, 0.15) is 17.3 Å². The van der Waals surface area contributed by atoms with E-state index < -0.39 is 0 Å². The molecule has 2 amide bonds. The van der Waals surface area contributed by atoms with Crippen LogP contribution >= 0.6 is 11.6 Å². The molecule has 6 heteroatoms. The Bertz CT molecular complexity index is 768. The van der Waals surface area contributed by atoms with Crippen LogP contribution in [0.4, 0.5) is 11.4 Å². The van der Waals surface area contributed by atoms with E-state index in [1.165, 1.54) is 6.92 Å². The van der Waals surface area contributed by atoms with Gasteiger partial charge in [-0.1, -0.05) is 23.7 Å². The van der Waals surface area contributed by atoms with Crippen LogP contribution in [0, 0.1) is 0 Å². The van der Waals surface area contributed by atoms with Crippen LogP contribution in [-0.4, -0.2) is 42.9 Å². The standard InChI is InChI=1S/C19H20ClN3O2/c1-14(24)21-16-8-6-15(7-9-16)19(25)23-12-10-22(11-13-23)18-5-3-2-4-17(18)20/h2-9H,10-13H2,1H3,(H,21,24). The number of hydrogen-bond donors (Lipinski definition) is 1. The van der Waals surface area contributed by atoms with Gasteiger partial charge in [0.25, 0.3) is 5.91 Å². The summed E-state index contributed by atoms with van der Waals surface area (Å²) in [6.07, 6.45) is 0. The van der Waals surface area contributed by atoms with Crippen LogP contribution in [0.5, 0.6) is 0 Å². The molecule has 0 atom stereocenters. The van der Waals surface area contributed by atoms with Gasteiger partial charge in [0.05, 0.1) is 10.7 Å². The lowest BCUT2D eigenvalue weighted by molar-refractivity contribution is -0.114. The van der Waals surface area contributed by atoms with Crippen molar-refractivity contribution in [2.24, 2.45) is 0 Å². The van der Waals surface area contributed by atoms with Crippen molar-refractivity contribution in [3.8, 4) is 0 Å². The number of hydrogen-bond acceptors (Lipinski definition) is 3. The summed E-state index contributed by atoms with van der Waals surface area (Å²) in [4.78, 5) is 27.7. The molecule has 3 rings (SSSR count). The summed E-state index contributed by atoms with van der Waals surface area (Å²) in [5.41, 5.74) is 2.32. The van der Waals surface area contributed by atoms with Crippen LogP contribution in [0.2, 0.25) is 5.02 Å². The molecule has 0 spiro atoms. The maximum absolute atomic E-state index is 12.6. The maximum atomic E-state index is 12.6. The predicted octanol–water partition coefficient (Wildman–Crippen LogP) is 3.26. The number of carbonyl (C=O) groups excluding carboxylic acids is 2. The Morgan fingerprint density at radius 3 is 2.20 bits per heavy atom. The summed E-state index contributed by atoms with van der Waals surface area (Å²) in [5.74, 6) is -0.122. The molecule has 2 aromatic rings. The molecule has 0 unspecified atom stereocenters. The molecule has 5 nitrogen and oxygen atoms in total. The number of benzene rings is 2. The molecule has 2 aromatic carbocycles. The molecule has 0 saturated carbocycles. The number of halogens is 1. The molecule has 0 aliphatic carbocycles. The zero-order chi connectivity index (χ0) is 17.8. The lowest BCUT2D eigenvalue weighted by atomic mass is 10.1. The zero-order valence-electron chi connectivity index (χ0n) is 14.0. The third-order valence-electron chi connectivity index (χ3n) is 4.21. The van der Waals surface area contributed by atoms with Gasteiger partial charge in [-0.05, 0) is 36.4 Å². The first-order chi connectivity index (χ1) is 12.0. The molecule has 1 aliphatic rings. The van der Waals surface area contributed by atoms with Crippen molar-refractivity contribution in [3.05, 3.63) is 59.1 Å². The summed E-state index contributed by atoms with van der Waals surface area (Å²) in [7, 11) is 0. The summed E-state index contributed by atoms with van der Waals surface area (Å²) in [6.45, 7) is 4.26. The van der Waals surface area contributed by atoms with Crippen LogP contribution in [0.3, 0.4) is 0 Å². The molecule has 1 saturated heterocycles. The second kappa shape index (κ2) is 7.57. The Morgan fingerprint density at radius 1 is 0.960 bits per heavy atom. The summed E-state index contributed by atoms with van der Waals surface area (Å²) < 4.78 is 0. The fourth-order valence-electron chi connectivity index (χ4n) is 2.94. The van der Waals surface area contributed by atoms with Crippen molar-refractivity contribution < 1.29 is 9.59 Å². The molecule has 130 valence electrons. The Hall–Kier alpha value is -2.53. The average molecular weight is 358 g/mol. The first-order valence-electron chi connectivity index (χ1n) is 8.21. The van der Waals surface area contributed by atoms with Crippen molar-refractivity contribution in [1.29, 1.82) is 0 Å². The highest BCUT2D eigenvalue weighted by atomic mass is 35.5. The van der Waals surface area contributed by atoms with Crippen molar-refractivity contribution in [1.82, 2.24) is 4.90 Å². The maximum Gasteiger partial charge on any atom is 0.253 e. The van der Waals surface area contributed by atoms with Gasteiger partial charge in [0.15, 0.2) is 0 Å². The third kappa shape index (κ3) is 4.12. The summed E-state index contributed by atoms with van der Waals surface area (Å²) in [5, 5.41) is 3.43. The van der Waals surface area contributed by atoms with E-state index in [0.29, 0.717) is 24.3 Å². The highest BCUT2D eigenvalue weighted by molar-refractivity contribution is 6.33. The highest BCUT2D eigenvalue weighted by Gasteiger charge is 2.23. The van der Waals surface area contributed by atoms with Gasteiger partial charge < -0.3 is 15.1 Å². The SMILES string of the molecule is CC(=O)Nc1ccc(C(=O)N2CCN(c3ccccc3Cl)CC2)cc1. The predicted molar refractivity (Wildman–Crippen MR) is 100 cm³/mol. The van der Waals surface area contributed by atoms with Gasteiger partial charge in [-0.3, -0.25) is 9.59 Å². The van der Waals surface area contributed by atoms with Gasteiger partial charge >= 0.3 is 0 Å². The van der Waals surface area contributed by atoms with Crippen molar-refractivity contribution in [2.45, 2.75) is 6.92 Å². The van der Waals surface area contributed by atoms with Gasteiger partial charge in [0.2, 0.25) is 5.91 Å². The zero-order valence-corrected chi connectivity index (χ0v) is 14.8. The Labute approximate surface area is 152 Å². The minimum atomic E-state index is -0.130. The van der Waals surface area contributed by atoms with Gasteiger partial charge in [0, 0.05) is 44.4 Å². The topological polar surface area (TPSA) is 52.7 Å². The number of amides is 2. The van der Waals surface area contributed by atoms with E-state index in [-0.39, 0.29) is 11.8 Å². The summed E-state index contributed by atoms with van der Waals surface area (Å²) in [6, 6.07) is 14.7. The van der Waals surface area contributed by atoms with Crippen LogP contribution in [-0.2, 0) is 4.79 Å². The second-order valence-electron chi connectivity index (χ2n) is 5.99. The largest absolute Gasteiger partial charge is 0.367 e. The van der Waals surface area contributed by atoms with E-state index in [1.807, 2.05) is 29.2 Å². The number of carbonyl (C=O) groups is 2. The third-order valence-corrected chi connectivity index (χ3v) is 4.53. The van der Waals surface area contributed by atoms with Crippen LogP contribution in [0.15, 0.2) is 48.5 Å². The molecule has 0 radical (unpaired) electrons. The van der Waals surface area contributed by atoms with Gasteiger partial charge in [0.1, 0.15) is 0 Å².